The number of halogens is 1. The van der Waals surface area contributed by atoms with E-state index in [4.69, 9.17) is 9.47 Å². The standard InChI is InChI=1S/C33H31FN4O6S/c34-25-7-4-21(5-8-25)17-35-33(40)23-6-10-29(37-18-22-14-24(20-37)28-2-1-3-32(39)38(28)19-22)27(15-23)36-45(41,42)26-9-11-30-31(16-26)44-13-12-43-30/h1-11,15-16,22,24,36H,12-14,17-20H2,(H,35,40)/t22-,24+/m1/s1. The molecule has 1 aromatic heterocycles. The van der Waals surface area contributed by atoms with E-state index in [1.54, 1.807) is 42.5 Å². The van der Waals surface area contributed by atoms with Gasteiger partial charge in [-0.1, -0.05) is 18.2 Å². The molecule has 3 aliphatic rings. The fraction of sp³-hybridized carbons (Fsp3) is 0.273. The molecule has 4 heterocycles. The molecular formula is C33H31FN4O6S. The van der Waals surface area contributed by atoms with E-state index in [1.165, 1.54) is 30.3 Å². The zero-order chi connectivity index (χ0) is 31.1. The lowest BCUT2D eigenvalue weighted by Gasteiger charge is -2.44. The molecule has 10 nitrogen and oxygen atoms in total. The lowest BCUT2D eigenvalue weighted by molar-refractivity contribution is 0.0951. The third-order valence-corrected chi connectivity index (χ3v) is 9.88. The average molecular weight is 631 g/mol. The first kappa shape index (κ1) is 28.9. The molecule has 0 radical (unpaired) electrons. The van der Waals surface area contributed by atoms with Crippen molar-refractivity contribution in [2.45, 2.75) is 30.3 Å². The SMILES string of the molecule is O=C(NCc1ccc(F)cc1)c1ccc(N2C[C@H]3C[C@@H](C2)c2cccc(=O)n2C3)c(NS(=O)(=O)c2ccc3c(c2)OCCO3)c1. The summed E-state index contributed by atoms with van der Waals surface area (Å²) in [6.45, 7) is 2.65. The molecular weight excluding hydrogens is 599 g/mol. The highest BCUT2D eigenvalue weighted by molar-refractivity contribution is 7.92. The van der Waals surface area contributed by atoms with Crippen molar-refractivity contribution in [2.75, 3.05) is 35.9 Å². The number of ether oxygens (including phenoxy) is 2. The van der Waals surface area contributed by atoms with Gasteiger partial charge < -0.3 is 24.3 Å². The molecule has 4 aromatic rings. The number of carbonyl (C=O) groups is 1. The van der Waals surface area contributed by atoms with Crippen molar-refractivity contribution in [1.82, 2.24) is 9.88 Å². The Labute approximate surface area is 259 Å². The van der Waals surface area contributed by atoms with Crippen LogP contribution in [0.3, 0.4) is 0 Å². The van der Waals surface area contributed by atoms with Crippen LogP contribution in [0.5, 0.6) is 11.5 Å². The van der Waals surface area contributed by atoms with E-state index in [1.807, 2.05) is 10.6 Å². The molecule has 12 heteroatoms. The Balaban J connectivity index is 1.21. The van der Waals surface area contributed by atoms with E-state index in [2.05, 4.69) is 14.9 Å². The summed E-state index contributed by atoms with van der Waals surface area (Å²) in [6.07, 6.45) is 0.933. The number of fused-ring (bicyclic) bond motifs is 5. The summed E-state index contributed by atoms with van der Waals surface area (Å²) in [4.78, 5) is 27.9. The van der Waals surface area contributed by atoms with Gasteiger partial charge in [0.25, 0.3) is 21.5 Å². The maximum absolute atomic E-state index is 13.7. The molecule has 1 fully saturated rings. The molecule has 1 amide bonds. The fourth-order valence-electron chi connectivity index (χ4n) is 6.41. The third-order valence-electron chi connectivity index (χ3n) is 8.51. The van der Waals surface area contributed by atoms with E-state index in [9.17, 15) is 22.4 Å². The van der Waals surface area contributed by atoms with Crippen LogP contribution < -0.4 is 30.0 Å². The van der Waals surface area contributed by atoms with Crippen LogP contribution >= 0.6 is 0 Å². The van der Waals surface area contributed by atoms with Gasteiger partial charge in [0, 0.05) is 55.5 Å². The molecule has 3 aromatic carbocycles. The van der Waals surface area contributed by atoms with Crippen LogP contribution in [0, 0.1) is 11.7 Å². The molecule has 3 aliphatic heterocycles. The predicted molar refractivity (Wildman–Crippen MR) is 166 cm³/mol. The quantitative estimate of drug-likeness (QED) is 0.316. The van der Waals surface area contributed by atoms with Crippen molar-refractivity contribution in [2.24, 2.45) is 5.92 Å². The van der Waals surface area contributed by atoms with Gasteiger partial charge in [-0.3, -0.25) is 14.3 Å². The van der Waals surface area contributed by atoms with Crippen LogP contribution in [0.2, 0.25) is 0 Å². The Kier molecular flexibility index (Phi) is 7.44. The Bertz CT molecular complexity index is 1950. The van der Waals surface area contributed by atoms with E-state index in [0.717, 1.165) is 17.7 Å². The fourth-order valence-corrected chi connectivity index (χ4v) is 7.49. The lowest BCUT2D eigenvalue weighted by Crippen LogP contribution is -2.47. The first-order valence-electron chi connectivity index (χ1n) is 14.8. The third kappa shape index (κ3) is 5.85. The second-order valence-corrected chi connectivity index (χ2v) is 13.2. The number of hydrogen-bond acceptors (Lipinski definition) is 7. The summed E-state index contributed by atoms with van der Waals surface area (Å²) >= 11 is 0. The van der Waals surface area contributed by atoms with Gasteiger partial charge in [0.15, 0.2) is 11.5 Å². The number of aromatic nitrogens is 1. The molecule has 0 saturated carbocycles. The van der Waals surface area contributed by atoms with E-state index < -0.39 is 15.9 Å². The summed E-state index contributed by atoms with van der Waals surface area (Å²) in [5.74, 6) is 0.322. The molecule has 2 bridgehead atoms. The van der Waals surface area contributed by atoms with Crippen molar-refractivity contribution in [3.8, 4) is 11.5 Å². The molecule has 0 aliphatic carbocycles. The number of nitrogens with zero attached hydrogens (tertiary/aromatic N) is 2. The van der Waals surface area contributed by atoms with Crippen LogP contribution in [0.15, 0.2) is 88.6 Å². The summed E-state index contributed by atoms with van der Waals surface area (Å²) in [6, 6.07) is 20.6. The highest BCUT2D eigenvalue weighted by Gasteiger charge is 2.35. The Morgan fingerprint density at radius 1 is 0.911 bits per heavy atom. The second kappa shape index (κ2) is 11.6. The van der Waals surface area contributed by atoms with Crippen LogP contribution in [-0.2, 0) is 23.1 Å². The van der Waals surface area contributed by atoms with E-state index in [-0.39, 0.29) is 45.9 Å². The second-order valence-electron chi connectivity index (χ2n) is 11.6. The Hall–Kier alpha value is -4.84. The number of nitrogens with one attached hydrogen (secondary N) is 2. The van der Waals surface area contributed by atoms with Gasteiger partial charge in [0.05, 0.1) is 16.3 Å². The highest BCUT2D eigenvalue weighted by atomic mass is 32.2. The molecule has 232 valence electrons. The molecule has 7 rings (SSSR count). The minimum Gasteiger partial charge on any atom is -0.486 e. The average Bonchev–Trinajstić information content (AvgIpc) is 3.04. The van der Waals surface area contributed by atoms with Crippen molar-refractivity contribution in [1.29, 1.82) is 0 Å². The first-order valence-corrected chi connectivity index (χ1v) is 16.3. The van der Waals surface area contributed by atoms with Crippen molar-refractivity contribution in [3.05, 3.63) is 112 Å². The summed E-state index contributed by atoms with van der Waals surface area (Å²) in [5.41, 5.74) is 2.82. The first-order chi connectivity index (χ1) is 21.7. The molecule has 0 spiro atoms. The maximum Gasteiger partial charge on any atom is 0.262 e. The summed E-state index contributed by atoms with van der Waals surface area (Å²) < 4.78 is 56.5. The molecule has 2 atom stereocenters. The van der Waals surface area contributed by atoms with Crippen molar-refractivity contribution in [3.63, 3.8) is 0 Å². The highest BCUT2D eigenvalue weighted by Crippen LogP contribution is 2.40. The lowest BCUT2D eigenvalue weighted by atomic mass is 9.83. The van der Waals surface area contributed by atoms with Gasteiger partial charge in [0.2, 0.25) is 0 Å². The number of piperidine rings is 1. The van der Waals surface area contributed by atoms with Crippen LogP contribution in [-0.4, -0.2) is 45.2 Å². The number of pyridine rings is 1. The molecule has 2 N–H and O–H groups in total. The minimum atomic E-state index is -4.11. The van der Waals surface area contributed by atoms with Crippen LogP contribution in [0.1, 0.15) is 34.0 Å². The van der Waals surface area contributed by atoms with E-state index in [0.29, 0.717) is 50.0 Å². The summed E-state index contributed by atoms with van der Waals surface area (Å²) in [5, 5.41) is 2.82. The van der Waals surface area contributed by atoms with Gasteiger partial charge in [-0.05, 0) is 66.4 Å². The monoisotopic (exact) mass is 630 g/mol. The number of benzene rings is 3. The van der Waals surface area contributed by atoms with Crippen molar-refractivity contribution < 1.29 is 27.1 Å². The number of hydrogen-bond donors (Lipinski definition) is 2. The van der Waals surface area contributed by atoms with Gasteiger partial charge in [-0.2, -0.15) is 0 Å². The zero-order valence-electron chi connectivity index (χ0n) is 24.2. The number of carbonyl (C=O) groups excluding carboxylic acids is 1. The van der Waals surface area contributed by atoms with Gasteiger partial charge in [-0.15, -0.1) is 0 Å². The van der Waals surface area contributed by atoms with E-state index >= 15 is 0 Å². The van der Waals surface area contributed by atoms with Crippen molar-refractivity contribution >= 4 is 27.3 Å². The number of rotatable bonds is 7. The Morgan fingerprint density at radius 3 is 2.53 bits per heavy atom. The predicted octanol–water partition coefficient (Wildman–Crippen LogP) is 4.11. The molecule has 0 unspecified atom stereocenters. The van der Waals surface area contributed by atoms with Gasteiger partial charge >= 0.3 is 0 Å². The normalized spacial score (nSPS) is 18.6. The minimum absolute atomic E-state index is 0.00678. The largest absolute Gasteiger partial charge is 0.486 e. The van der Waals surface area contributed by atoms with Gasteiger partial charge in [-0.25, -0.2) is 12.8 Å². The number of anilines is 2. The van der Waals surface area contributed by atoms with Crippen LogP contribution in [0.4, 0.5) is 15.8 Å². The number of sulfonamides is 1. The number of amides is 1. The molecule has 1 saturated heterocycles. The Morgan fingerprint density at radius 2 is 1.71 bits per heavy atom. The smallest absolute Gasteiger partial charge is 0.262 e. The maximum atomic E-state index is 13.7. The van der Waals surface area contributed by atoms with Gasteiger partial charge in [0.1, 0.15) is 19.0 Å². The topological polar surface area (TPSA) is 119 Å². The molecule has 45 heavy (non-hydrogen) atoms. The zero-order valence-corrected chi connectivity index (χ0v) is 25.1. The van der Waals surface area contributed by atoms with Crippen LogP contribution in [0.25, 0.3) is 0 Å². The summed E-state index contributed by atoms with van der Waals surface area (Å²) in [7, 11) is -4.11.